The molecule has 3 heteroatoms. The van der Waals surface area contributed by atoms with Crippen LogP contribution in [-0.4, -0.2) is 35.1 Å². The Bertz CT molecular complexity index is 433. The summed E-state index contributed by atoms with van der Waals surface area (Å²) in [6, 6.07) is 10.3. The van der Waals surface area contributed by atoms with E-state index in [2.05, 4.69) is 12.1 Å². The summed E-state index contributed by atoms with van der Waals surface area (Å²) in [5.41, 5.74) is 1.06. The molecule has 18 heavy (non-hydrogen) atoms. The van der Waals surface area contributed by atoms with Crippen LogP contribution in [0.3, 0.4) is 0 Å². The molecule has 0 aromatic heterocycles. The number of hydrogen-bond acceptors (Lipinski definition) is 2. The second kappa shape index (κ2) is 4.39. The third-order valence-corrected chi connectivity index (χ3v) is 4.30. The van der Waals surface area contributed by atoms with Gasteiger partial charge in [-0.1, -0.05) is 36.8 Å². The number of amides is 1. The normalized spacial score (nSPS) is 22.2. The molecule has 1 aliphatic heterocycles. The summed E-state index contributed by atoms with van der Waals surface area (Å²) in [6.45, 7) is 1.05. The second-order valence-corrected chi connectivity index (χ2v) is 5.66. The highest BCUT2D eigenvalue weighted by Gasteiger charge is 2.48. The van der Waals surface area contributed by atoms with Gasteiger partial charge in [0.15, 0.2) is 0 Å². The van der Waals surface area contributed by atoms with E-state index >= 15 is 0 Å². The predicted octanol–water partition coefficient (Wildman–Crippen LogP) is 1.60. The Labute approximate surface area is 107 Å². The molecule has 1 aliphatic carbocycles. The van der Waals surface area contributed by atoms with E-state index in [1.165, 1.54) is 5.56 Å². The fourth-order valence-electron chi connectivity index (χ4n) is 3.01. The van der Waals surface area contributed by atoms with Crippen molar-refractivity contribution in [3.8, 4) is 0 Å². The van der Waals surface area contributed by atoms with Crippen LogP contribution < -0.4 is 0 Å². The highest BCUT2D eigenvalue weighted by molar-refractivity contribution is 5.84. The number of benzene rings is 1. The monoisotopic (exact) mass is 245 g/mol. The van der Waals surface area contributed by atoms with Crippen LogP contribution in [0, 0.1) is 5.41 Å². The summed E-state index contributed by atoms with van der Waals surface area (Å²) in [7, 11) is 0. The van der Waals surface area contributed by atoms with Gasteiger partial charge in [-0.05, 0) is 24.8 Å². The summed E-state index contributed by atoms with van der Waals surface area (Å²) >= 11 is 0. The van der Waals surface area contributed by atoms with Crippen LogP contribution in [0.4, 0.5) is 0 Å². The lowest BCUT2D eigenvalue weighted by molar-refractivity contribution is -0.157. The van der Waals surface area contributed by atoms with Crippen LogP contribution in [0.1, 0.15) is 24.8 Å². The molecule has 3 rings (SSSR count). The quantitative estimate of drug-likeness (QED) is 0.878. The van der Waals surface area contributed by atoms with Gasteiger partial charge in [0.1, 0.15) is 0 Å². The molecule has 0 radical (unpaired) electrons. The van der Waals surface area contributed by atoms with Crippen molar-refractivity contribution in [2.45, 2.75) is 31.8 Å². The molecule has 1 aromatic rings. The number of carbonyl (C=O) groups excluding carboxylic acids is 1. The maximum absolute atomic E-state index is 12.5. The first-order valence-corrected chi connectivity index (χ1v) is 6.71. The maximum Gasteiger partial charge on any atom is 0.229 e. The number of nitrogens with zero attached hydrogens (tertiary/aromatic N) is 1. The van der Waals surface area contributed by atoms with Gasteiger partial charge in [-0.15, -0.1) is 0 Å². The van der Waals surface area contributed by atoms with Crippen molar-refractivity contribution in [2.75, 3.05) is 13.1 Å². The maximum atomic E-state index is 12.5. The molecule has 2 aliphatic rings. The Kier molecular flexibility index (Phi) is 2.86. The van der Waals surface area contributed by atoms with Gasteiger partial charge >= 0.3 is 0 Å². The molecular weight excluding hydrogens is 226 g/mol. The zero-order valence-corrected chi connectivity index (χ0v) is 10.5. The van der Waals surface area contributed by atoms with Gasteiger partial charge in [0.05, 0.1) is 11.5 Å². The summed E-state index contributed by atoms with van der Waals surface area (Å²) in [4.78, 5) is 14.3. The van der Waals surface area contributed by atoms with Crippen molar-refractivity contribution in [2.24, 2.45) is 5.41 Å². The third-order valence-electron chi connectivity index (χ3n) is 4.30. The summed E-state index contributed by atoms with van der Waals surface area (Å²) in [6.07, 6.45) is 3.68. The summed E-state index contributed by atoms with van der Waals surface area (Å²) < 4.78 is 0. The molecule has 1 saturated heterocycles. The molecule has 0 unspecified atom stereocenters. The molecule has 1 aromatic carbocycles. The van der Waals surface area contributed by atoms with E-state index in [0.29, 0.717) is 13.1 Å². The number of aliphatic hydroxyl groups excluding tert-OH is 1. The minimum absolute atomic E-state index is 0.179. The lowest BCUT2D eigenvalue weighted by atomic mass is 9.64. The van der Waals surface area contributed by atoms with Gasteiger partial charge in [0.25, 0.3) is 0 Å². The van der Waals surface area contributed by atoms with Crippen LogP contribution in [0.2, 0.25) is 0 Å². The molecule has 1 N–H and O–H groups in total. The van der Waals surface area contributed by atoms with Crippen LogP contribution in [0.5, 0.6) is 0 Å². The molecule has 0 spiro atoms. The van der Waals surface area contributed by atoms with Crippen LogP contribution in [0.25, 0.3) is 0 Å². The molecule has 0 atom stereocenters. The van der Waals surface area contributed by atoms with Crippen LogP contribution in [-0.2, 0) is 11.2 Å². The van der Waals surface area contributed by atoms with Gasteiger partial charge in [-0.3, -0.25) is 4.79 Å². The topological polar surface area (TPSA) is 40.5 Å². The van der Waals surface area contributed by atoms with E-state index in [0.717, 1.165) is 25.7 Å². The first-order chi connectivity index (χ1) is 8.70. The molecule has 2 fully saturated rings. The fraction of sp³-hybridized carbons (Fsp3) is 0.533. The Morgan fingerprint density at radius 2 is 1.94 bits per heavy atom. The third kappa shape index (κ3) is 1.93. The van der Waals surface area contributed by atoms with Gasteiger partial charge in [0.2, 0.25) is 5.91 Å². The number of likely N-dealkylation sites (tertiary alicyclic amines) is 1. The Morgan fingerprint density at radius 3 is 2.44 bits per heavy atom. The number of hydrogen-bond donors (Lipinski definition) is 1. The predicted molar refractivity (Wildman–Crippen MR) is 69.0 cm³/mol. The van der Waals surface area contributed by atoms with Crippen molar-refractivity contribution in [1.29, 1.82) is 0 Å². The molecule has 3 nitrogen and oxygen atoms in total. The van der Waals surface area contributed by atoms with Crippen LogP contribution in [0.15, 0.2) is 30.3 Å². The molecular formula is C15H19NO2. The van der Waals surface area contributed by atoms with E-state index < -0.39 is 0 Å². The Morgan fingerprint density at radius 1 is 1.28 bits per heavy atom. The molecule has 1 amide bonds. The highest BCUT2D eigenvalue weighted by Crippen LogP contribution is 2.45. The number of β-amino-alcohol motifs (C(OH)–C–C–N with tert-alkyl or cyclic N) is 1. The minimum atomic E-state index is -0.303. The highest BCUT2D eigenvalue weighted by atomic mass is 16.3. The average molecular weight is 245 g/mol. The fourth-order valence-corrected chi connectivity index (χ4v) is 3.01. The van der Waals surface area contributed by atoms with Crippen molar-refractivity contribution in [1.82, 2.24) is 4.90 Å². The standard InChI is InChI=1S/C15H19NO2/c17-13-10-16(11-13)14(18)15(7-4-8-15)9-12-5-2-1-3-6-12/h1-3,5-6,13,17H,4,7-11H2. The van der Waals surface area contributed by atoms with Gasteiger partial charge in [0, 0.05) is 13.1 Å². The van der Waals surface area contributed by atoms with Crippen LogP contribution >= 0.6 is 0 Å². The first kappa shape index (κ1) is 11.7. The SMILES string of the molecule is O=C(N1CC(O)C1)C1(Cc2ccccc2)CCC1. The van der Waals surface area contributed by atoms with Gasteiger partial charge < -0.3 is 10.0 Å². The van der Waals surface area contributed by atoms with E-state index in [-0.39, 0.29) is 17.4 Å². The van der Waals surface area contributed by atoms with E-state index in [1.54, 1.807) is 0 Å². The molecule has 1 saturated carbocycles. The van der Waals surface area contributed by atoms with Crippen molar-refractivity contribution in [3.63, 3.8) is 0 Å². The second-order valence-electron chi connectivity index (χ2n) is 5.66. The number of aliphatic hydroxyl groups is 1. The summed E-state index contributed by atoms with van der Waals surface area (Å²) in [5, 5.41) is 9.32. The van der Waals surface area contributed by atoms with E-state index in [4.69, 9.17) is 0 Å². The van der Waals surface area contributed by atoms with E-state index in [9.17, 15) is 9.90 Å². The average Bonchev–Trinajstić information content (AvgIpc) is 2.30. The zero-order valence-electron chi connectivity index (χ0n) is 10.5. The molecule has 0 bridgehead atoms. The summed E-state index contributed by atoms with van der Waals surface area (Å²) in [5.74, 6) is 0.253. The smallest absolute Gasteiger partial charge is 0.229 e. The van der Waals surface area contributed by atoms with Crippen molar-refractivity contribution in [3.05, 3.63) is 35.9 Å². The number of rotatable bonds is 3. The van der Waals surface area contributed by atoms with Gasteiger partial charge in [-0.2, -0.15) is 0 Å². The lowest BCUT2D eigenvalue weighted by Crippen LogP contribution is -2.59. The lowest BCUT2D eigenvalue weighted by Gasteiger charge is -2.47. The first-order valence-electron chi connectivity index (χ1n) is 6.71. The zero-order chi connectivity index (χ0) is 12.6. The Hall–Kier alpha value is -1.35. The largest absolute Gasteiger partial charge is 0.389 e. The van der Waals surface area contributed by atoms with Crippen molar-refractivity contribution < 1.29 is 9.90 Å². The van der Waals surface area contributed by atoms with Gasteiger partial charge in [-0.25, -0.2) is 0 Å². The molecule has 1 heterocycles. The minimum Gasteiger partial charge on any atom is -0.389 e. The Balaban J connectivity index is 1.72. The van der Waals surface area contributed by atoms with E-state index in [1.807, 2.05) is 23.1 Å². The molecule has 96 valence electrons. The number of carbonyl (C=O) groups is 1. The van der Waals surface area contributed by atoms with Crippen molar-refractivity contribution >= 4 is 5.91 Å².